The number of nitrogens with zero attached hydrogens (tertiary/aromatic N) is 5. The quantitative estimate of drug-likeness (QED) is 0.390. The summed E-state index contributed by atoms with van der Waals surface area (Å²) in [5, 5.41) is 3.44. The van der Waals surface area contributed by atoms with Crippen LogP contribution in [0, 0.1) is 18.6 Å². The van der Waals surface area contributed by atoms with Crippen LogP contribution in [0.4, 0.5) is 14.5 Å². The van der Waals surface area contributed by atoms with Crippen molar-refractivity contribution in [1.29, 1.82) is 0 Å². The molecule has 0 unspecified atom stereocenters. The highest BCUT2D eigenvalue weighted by Gasteiger charge is 2.22. The number of aromatic nitrogens is 3. The molecule has 0 radical (unpaired) electrons. The first-order valence-corrected chi connectivity index (χ1v) is 13.1. The molecule has 0 spiro atoms. The molecule has 208 valence electrons. The van der Waals surface area contributed by atoms with E-state index in [4.69, 9.17) is 0 Å². The van der Waals surface area contributed by atoms with Gasteiger partial charge in [-0.2, -0.15) is 0 Å². The normalized spacial score (nSPS) is 13.9. The third-order valence-corrected chi connectivity index (χ3v) is 7.48. The van der Waals surface area contributed by atoms with E-state index >= 15 is 4.39 Å². The van der Waals surface area contributed by atoms with Gasteiger partial charge in [-0.15, -0.1) is 0 Å². The number of carbonyl (C=O) groups excluding carboxylic acids is 1. The fourth-order valence-electron chi connectivity index (χ4n) is 5.35. The number of carbonyl (C=O) groups is 1. The molecule has 1 aromatic carbocycles. The number of fused-ring (bicyclic) bond motifs is 1. The van der Waals surface area contributed by atoms with E-state index in [1.807, 2.05) is 30.7 Å². The first-order valence-electron chi connectivity index (χ1n) is 13.1. The largest absolute Gasteiger partial charge is 0.386 e. The van der Waals surface area contributed by atoms with Crippen LogP contribution in [0.3, 0.4) is 0 Å². The number of rotatable bonds is 6. The summed E-state index contributed by atoms with van der Waals surface area (Å²) in [5.74, 6) is -1.13. The lowest BCUT2D eigenvalue weighted by Crippen LogP contribution is -2.29. The molecule has 0 bridgehead atoms. The minimum atomic E-state index is -0.523. The number of halogens is 2. The predicted octanol–water partition coefficient (Wildman–Crippen LogP) is 4.34. The van der Waals surface area contributed by atoms with Crippen molar-refractivity contribution in [1.82, 2.24) is 23.9 Å². The summed E-state index contributed by atoms with van der Waals surface area (Å²) in [4.78, 5) is 33.3. The molecule has 1 amide bonds. The Kier molecular flexibility index (Phi) is 7.29. The maximum absolute atomic E-state index is 15.1. The van der Waals surface area contributed by atoms with Gasteiger partial charge in [0.1, 0.15) is 11.5 Å². The summed E-state index contributed by atoms with van der Waals surface area (Å²) in [6.45, 7) is 3.81. The van der Waals surface area contributed by atoms with Crippen LogP contribution >= 0.6 is 0 Å². The third-order valence-electron chi connectivity index (χ3n) is 7.48. The zero-order valence-electron chi connectivity index (χ0n) is 23.3. The Bertz CT molecular complexity index is 1700. The molecule has 1 aliphatic heterocycles. The molecular formula is C30H32F2N6O2. The Hall–Kier alpha value is -4.31. The average molecular weight is 547 g/mol. The van der Waals surface area contributed by atoms with Gasteiger partial charge in [0.25, 0.3) is 11.5 Å². The highest BCUT2D eigenvalue weighted by molar-refractivity contribution is 5.94. The van der Waals surface area contributed by atoms with E-state index in [-0.39, 0.29) is 23.0 Å². The molecule has 4 aromatic rings. The predicted molar refractivity (Wildman–Crippen MR) is 153 cm³/mol. The first kappa shape index (κ1) is 27.3. The van der Waals surface area contributed by atoms with Gasteiger partial charge in [0.2, 0.25) is 0 Å². The summed E-state index contributed by atoms with van der Waals surface area (Å²) < 4.78 is 32.9. The fraction of sp³-hybridized carbons (Fsp3) is 0.300. The molecule has 0 saturated carbocycles. The van der Waals surface area contributed by atoms with Crippen LogP contribution < -0.4 is 10.9 Å². The minimum Gasteiger partial charge on any atom is -0.386 e. The van der Waals surface area contributed by atoms with Gasteiger partial charge in [0.15, 0.2) is 5.82 Å². The molecule has 8 nitrogen and oxygen atoms in total. The second-order valence-corrected chi connectivity index (χ2v) is 10.3. The molecule has 40 heavy (non-hydrogen) atoms. The van der Waals surface area contributed by atoms with Gasteiger partial charge < -0.3 is 14.8 Å². The maximum Gasteiger partial charge on any atom is 0.257 e. The van der Waals surface area contributed by atoms with E-state index in [1.54, 1.807) is 39.5 Å². The molecule has 1 aliphatic rings. The second kappa shape index (κ2) is 10.7. The lowest BCUT2D eigenvalue weighted by molar-refractivity contribution is 0.0827. The zero-order valence-corrected chi connectivity index (χ0v) is 23.3. The van der Waals surface area contributed by atoms with Gasteiger partial charge >= 0.3 is 0 Å². The average Bonchev–Trinajstić information content (AvgIpc) is 3.24. The van der Waals surface area contributed by atoms with Gasteiger partial charge in [-0.1, -0.05) is 6.08 Å². The summed E-state index contributed by atoms with van der Waals surface area (Å²) >= 11 is 0. The molecule has 4 heterocycles. The molecule has 0 aliphatic carbocycles. The Labute approximate surface area is 231 Å². The van der Waals surface area contributed by atoms with Crippen molar-refractivity contribution in [2.45, 2.75) is 19.9 Å². The van der Waals surface area contributed by atoms with E-state index < -0.39 is 5.82 Å². The van der Waals surface area contributed by atoms with Gasteiger partial charge in [-0.3, -0.25) is 19.1 Å². The van der Waals surface area contributed by atoms with Crippen molar-refractivity contribution in [2.75, 3.05) is 39.5 Å². The van der Waals surface area contributed by atoms with Gasteiger partial charge in [-0.05, 0) is 48.7 Å². The van der Waals surface area contributed by atoms with Crippen LogP contribution in [0.5, 0.6) is 0 Å². The molecule has 3 aromatic heterocycles. The molecular weight excluding hydrogens is 514 g/mol. The SMILES string of the molecule is CNc1cc(=O)n(-c2ccnc3c2cc(CN2CC=C(c4c(C)cc(C(=O)N(C)C)cc4F)CC2)n3C)cc1F. The molecule has 0 atom stereocenters. The highest BCUT2D eigenvalue weighted by atomic mass is 19.1. The number of benzene rings is 1. The second-order valence-electron chi connectivity index (χ2n) is 10.3. The van der Waals surface area contributed by atoms with Gasteiger partial charge in [0.05, 0.1) is 17.6 Å². The molecule has 5 rings (SSSR count). The number of aryl methyl sites for hydroxylation is 2. The van der Waals surface area contributed by atoms with E-state index in [0.29, 0.717) is 42.0 Å². The van der Waals surface area contributed by atoms with Crippen LogP contribution in [0.2, 0.25) is 0 Å². The Morgan fingerprint density at radius 1 is 1.15 bits per heavy atom. The minimum absolute atomic E-state index is 0.144. The standard InChI is InChI=1S/C30H32F2N6O2/c1-18-12-20(30(40)35(3)4)13-23(31)28(18)19-7-10-37(11-8-19)16-21-14-22-26(6-9-34-29(22)36(21)5)38-17-24(32)25(33-2)15-27(38)39/h6-7,9,12-15,17,33H,8,10-11,16H2,1-5H3. The van der Waals surface area contributed by atoms with Crippen LogP contribution in [-0.4, -0.2) is 64.1 Å². The molecule has 0 fully saturated rings. The Morgan fingerprint density at radius 2 is 1.93 bits per heavy atom. The fourth-order valence-corrected chi connectivity index (χ4v) is 5.35. The Balaban J connectivity index is 1.40. The highest BCUT2D eigenvalue weighted by Crippen LogP contribution is 2.30. The number of hydrogen-bond acceptors (Lipinski definition) is 5. The molecule has 0 saturated heterocycles. The molecule has 1 N–H and O–H groups in total. The lowest BCUT2D eigenvalue weighted by Gasteiger charge is -2.27. The van der Waals surface area contributed by atoms with E-state index in [9.17, 15) is 14.0 Å². The maximum atomic E-state index is 15.1. The van der Waals surface area contributed by atoms with Crippen molar-refractivity contribution < 1.29 is 13.6 Å². The smallest absolute Gasteiger partial charge is 0.257 e. The van der Waals surface area contributed by atoms with Crippen molar-refractivity contribution in [3.8, 4) is 5.69 Å². The van der Waals surface area contributed by atoms with Gasteiger partial charge in [0, 0.05) is 82.3 Å². The number of nitrogens with one attached hydrogen (secondary N) is 1. The topological polar surface area (TPSA) is 75.4 Å². The number of pyridine rings is 2. The zero-order chi connectivity index (χ0) is 28.7. The first-order chi connectivity index (χ1) is 19.1. The Morgan fingerprint density at radius 3 is 2.58 bits per heavy atom. The van der Waals surface area contributed by atoms with Crippen LogP contribution in [0.25, 0.3) is 22.3 Å². The number of amides is 1. The van der Waals surface area contributed by atoms with E-state index in [0.717, 1.165) is 28.8 Å². The summed E-state index contributed by atoms with van der Waals surface area (Å²) in [7, 11) is 6.78. The van der Waals surface area contributed by atoms with E-state index in [1.165, 1.54) is 27.8 Å². The van der Waals surface area contributed by atoms with Crippen molar-refractivity contribution in [3.05, 3.63) is 93.2 Å². The van der Waals surface area contributed by atoms with Crippen LogP contribution in [-0.2, 0) is 13.6 Å². The van der Waals surface area contributed by atoms with Crippen LogP contribution in [0.15, 0.2) is 53.6 Å². The summed E-state index contributed by atoms with van der Waals surface area (Å²) in [5.41, 5.74) is 4.61. The monoisotopic (exact) mass is 546 g/mol. The molecule has 10 heteroatoms. The number of anilines is 1. The third kappa shape index (κ3) is 4.90. The number of hydrogen-bond donors (Lipinski definition) is 1. The van der Waals surface area contributed by atoms with Gasteiger partial charge in [-0.25, -0.2) is 13.8 Å². The summed E-state index contributed by atoms with van der Waals surface area (Å²) in [6.07, 6.45) is 5.51. The van der Waals surface area contributed by atoms with Crippen molar-refractivity contribution in [2.24, 2.45) is 7.05 Å². The van der Waals surface area contributed by atoms with E-state index in [2.05, 4.69) is 15.2 Å². The van der Waals surface area contributed by atoms with Crippen LogP contribution in [0.1, 0.15) is 33.6 Å². The lowest BCUT2D eigenvalue weighted by atomic mass is 9.93. The van der Waals surface area contributed by atoms with Crippen molar-refractivity contribution in [3.63, 3.8) is 0 Å². The van der Waals surface area contributed by atoms with Crippen molar-refractivity contribution >= 4 is 28.2 Å². The summed E-state index contributed by atoms with van der Waals surface area (Å²) in [6, 6.07) is 7.99.